The molecule has 0 rings (SSSR count). The third-order valence-corrected chi connectivity index (χ3v) is 0. The fraction of sp³-hybridized carbons (Fsp3) is 0. The van der Waals surface area contributed by atoms with Crippen LogP contribution in [0.3, 0.4) is 0 Å². The van der Waals surface area contributed by atoms with Gasteiger partial charge in [0.1, 0.15) is 0 Å². The van der Waals surface area contributed by atoms with Gasteiger partial charge in [-0.1, -0.05) is 0 Å². The Labute approximate surface area is 76.0 Å². The van der Waals surface area contributed by atoms with E-state index in [-0.39, 0.29) is 77.2 Å². The molecule has 0 amide bonds. The third kappa shape index (κ3) is 8.87. The molecule has 24 valence electrons. The van der Waals surface area contributed by atoms with Gasteiger partial charge in [0.05, 0.1) is 0 Å². The van der Waals surface area contributed by atoms with Crippen LogP contribution in [0.4, 0.5) is 4.70 Å². The monoisotopic (exact) mass is 122 g/mol. The summed E-state index contributed by atoms with van der Waals surface area (Å²) in [6.45, 7) is 0. The van der Waals surface area contributed by atoms with Gasteiger partial charge in [0.15, 0.2) is 34.7 Å². The molecule has 0 unspecified atom stereocenters. The molecule has 0 aromatic rings. The average molecular weight is 122 g/mol. The van der Waals surface area contributed by atoms with Gasteiger partial charge in [0.2, 0.25) is 0 Å². The number of hydrogen-bond donors (Lipinski definition) is 0. The Morgan fingerprint density at radius 3 is 0.750 bits per heavy atom. The van der Waals surface area contributed by atoms with E-state index in [1.165, 1.54) is 0 Å². The van der Waals surface area contributed by atoms with Gasteiger partial charge in [0, 0.05) is 0 Å². The van der Waals surface area contributed by atoms with E-state index < -0.39 is 0 Å². The third-order valence-electron chi connectivity index (χ3n) is 0. The molecule has 0 spiro atoms. The zero-order valence-electron chi connectivity index (χ0n) is 0.408. The maximum atomic E-state index is 0. The molecular weight excluding hydrogens is 113 g/mol. The summed E-state index contributed by atoms with van der Waals surface area (Å²) in [5.74, 6) is 0. The molecule has 0 aromatic heterocycles. The summed E-state index contributed by atoms with van der Waals surface area (Å²) in [6.07, 6.45) is 0. The summed E-state index contributed by atoms with van der Waals surface area (Å²) in [7, 11) is 0. The molecule has 0 atom stereocenters. The first kappa shape index (κ1) is 34.0. The molecule has 0 nitrogen and oxygen atoms in total. The van der Waals surface area contributed by atoms with Crippen LogP contribution in [0.1, 0.15) is 0 Å². The average Bonchev–Trinajstić information content (AvgIpc) is 0. The Morgan fingerprint density at radius 2 is 0.750 bits per heavy atom. The summed E-state index contributed by atoms with van der Waals surface area (Å²) < 4.78 is 0. The molecule has 0 aliphatic rings. The van der Waals surface area contributed by atoms with E-state index in [1.807, 2.05) is 0 Å². The first-order valence-electron chi connectivity index (χ1n) is 0. The van der Waals surface area contributed by atoms with E-state index in [9.17, 15) is 0 Å². The van der Waals surface area contributed by atoms with Crippen molar-refractivity contribution in [2.75, 3.05) is 0 Å². The molecule has 0 aromatic carbocycles. The van der Waals surface area contributed by atoms with Crippen molar-refractivity contribution in [1.29, 1.82) is 0 Å². The summed E-state index contributed by atoms with van der Waals surface area (Å²) in [6, 6.07) is 0. The van der Waals surface area contributed by atoms with E-state index in [2.05, 4.69) is 0 Å². The number of hydrogen-bond acceptors (Lipinski definition) is 0. The van der Waals surface area contributed by atoms with E-state index >= 15 is 0 Å². The van der Waals surface area contributed by atoms with Crippen molar-refractivity contribution in [2.45, 2.75) is 0 Å². The van der Waals surface area contributed by atoms with Gasteiger partial charge >= 0.3 is 37.7 Å². The van der Waals surface area contributed by atoms with Crippen LogP contribution in [0, 0.1) is 0 Å². The first-order valence-corrected chi connectivity index (χ1v) is 0. The van der Waals surface area contributed by atoms with Crippen molar-refractivity contribution in [3.05, 3.63) is 0 Å². The maximum absolute atomic E-state index is 0. The molecule has 0 saturated carbocycles. The van der Waals surface area contributed by atoms with Crippen molar-refractivity contribution in [3.8, 4) is 0 Å². The molecule has 4 heteroatoms. The fourth-order valence-corrected chi connectivity index (χ4v) is 0. The van der Waals surface area contributed by atoms with Crippen molar-refractivity contribution >= 4 is 72.5 Å². The molecular formula is H9Al2CaF. The second kappa shape index (κ2) is 18.7. The second-order valence-electron chi connectivity index (χ2n) is 0. The molecule has 4 heavy (non-hydrogen) atoms. The van der Waals surface area contributed by atoms with Gasteiger partial charge in [-0.2, -0.15) is 0 Å². The molecule has 0 radical (unpaired) electrons. The van der Waals surface area contributed by atoms with Gasteiger partial charge in [-0.25, -0.2) is 0 Å². The Bertz CT molecular complexity index is 6.00. The quantitative estimate of drug-likeness (QED) is 0.298. The Kier molecular flexibility index (Phi) is 159. The van der Waals surface area contributed by atoms with Crippen LogP contribution in [-0.4, -0.2) is 72.5 Å². The van der Waals surface area contributed by atoms with Gasteiger partial charge < -0.3 is 0 Å². The summed E-state index contributed by atoms with van der Waals surface area (Å²) >= 11 is 0. The molecule has 0 fully saturated rings. The Hall–Kier alpha value is 2.25. The van der Waals surface area contributed by atoms with Gasteiger partial charge in [-0.3, -0.25) is 4.70 Å². The normalized spacial score (nSPS) is 0. The van der Waals surface area contributed by atoms with Crippen LogP contribution in [0.15, 0.2) is 0 Å². The topological polar surface area (TPSA) is 0 Å². The van der Waals surface area contributed by atoms with Crippen molar-refractivity contribution in [3.63, 3.8) is 0 Å². The van der Waals surface area contributed by atoms with Crippen molar-refractivity contribution < 1.29 is 4.70 Å². The second-order valence-corrected chi connectivity index (χ2v) is 0. The standard InChI is InChI=1S/2Al.Ca.FH.8H/h;;;1H;;;;;;;;. The van der Waals surface area contributed by atoms with Gasteiger partial charge in [-0.05, 0) is 0 Å². The number of rotatable bonds is 0. The van der Waals surface area contributed by atoms with E-state index in [4.69, 9.17) is 0 Å². The van der Waals surface area contributed by atoms with Gasteiger partial charge in [0.25, 0.3) is 0 Å². The summed E-state index contributed by atoms with van der Waals surface area (Å²) in [4.78, 5) is 0. The Balaban J connectivity index is 0. The molecule has 0 heterocycles. The Morgan fingerprint density at radius 1 is 0.750 bits per heavy atom. The zero-order valence-corrected chi connectivity index (χ0v) is 0.408. The predicted octanol–water partition coefficient (Wildman–Crippen LogP) is -3.13. The molecule has 0 bridgehead atoms. The molecule has 0 aliphatic heterocycles. The summed E-state index contributed by atoms with van der Waals surface area (Å²) in [5.41, 5.74) is 0. The SMILES string of the molecule is F.[AlH3].[AlH3].[CaH2]. The predicted molar refractivity (Wildman–Crippen MR) is 30.9 cm³/mol. The molecule has 0 N–H and O–H groups in total. The molecule has 0 aliphatic carbocycles. The van der Waals surface area contributed by atoms with E-state index in [0.717, 1.165) is 0 Å². The zero-order chi connectivity index (χ0) is 0. The van der Waals surface area contributed by atoms with E-state index in [0.29, 0.717) is 0 Å². The van der Waals surface area contributed by atoms with Crippen LogP contribution in [-0.2, 0) is 0 Å². The van der Waals surface area contributed by atoms with Crippen LogP contribution < -0.4 is 0 Å². The van der Waals surface area contributed by atoms with Crippen LogP contribution in [0.25, 0.3) is 0 Å². The van der Waals surface area contributed by atoms with Crippen LogP contribution in [0.2, 0.25) is 0 Å². The van der Waals surface area contributed by atoms with Crippen LogP contribution >= 0.6 is 0 Å². The summed E-state index contributed by atoms with van der Waals surface area (Å²) in [5, 5.41) is 0. The van der Waals surface area contributed by atoms with Crippen molar-refractivity contribution in [1.82, 2.24) is 0 Å². The van der Waals surface area contributed by atoms with Gasteiger partial charge in [-0.15, -0.1) is 0 Å². The minimum absolute atomic E-state index is 0. The number of halogens is 1. The fourth-order valence-electron chi connectivity index (χ4n) is 0. The van der Waals surface area contributed by atoms with Crippen molar-refractivity contribution in [2.24, 2.45) is 0 Å². The minimum atomic E-state index is 0. The van der Waals surface area contributed by atoms with E-state index in [1.54, 1.807) is 0 Å². The first-order chi connectivity index (χ1) is 0. The molecule has 0 saturated heterocycles. The van der Waals surface area contributed by atoms with Crippen LogP contribution in [0.5, 0.6) is 0 Å².